The van der Waals surface area contributed by atoms with Crippen molar-refractivity contribution in [2.24, 2.45) is 0 Å². The molecular formula is C23H18F2N8OS. The minimum Gasteiger partial charge on any atom is -0.435 e. The first-order valence-electron chi connectivity index (χ1n) is 10.5. The van der Waals surface area contributed by atoms with Gasteiger partial charge in [0.25, 0.3) is 0 Å². The van der Waals surface area contributed by atoms with E-state index in [0.717, 1.165) is 11.1 Å². The maximum absolute atomic E-state index is 12.4. The Hall–Kier alpha value is -4.19. The largest absolute Gasteiger partial charge is 0.435 e. The van der Waals surface area contributed by atoms with Crippen molar-refractivity contribution < 1.29 is 13.5 Å². The molecular weight excluding hydrogens is 474 g/mol. The minimum atomic E-state index is -2.88. The standard InChI is InChI=1S/C23H18F2N8OS/c24-22(25)34-19-10-8-18(9-11-19)33-20(27-30-31-33)15-35-23-29-28-21(17-7-4-12-26-13-17)32(23)14-16-5-2-1-3-6-16/h1-13,22H,14-15H2. The lowest BCUT2D eigenvalue weighted by atomic mass is 10.2. The number of halogens is 2. The van der Waals surface area contributed by atoms with Gasteiger partial charge in [0, 0.05) is 18.0 Å². The molecule has 0 radical (unpaired) electrons. The van der Waals surface area contributed by atoms with Gasteiger partial charge in [-0.3, -0.25) is 9.55 Å². The first-order chi connectivity index (χ1) is 17.2. The van der Waals surface area contributed by atoms with Gasteiger partial charge in [-0.05, 0) is 52.4 Å². The van der Waals surface area contributed by atoms with Crippen LogP contribution in [0.25, 0.3) is 17.1 Å². The van der Waals surface area contributed by atoms with E-state index in [2.05, 4.69) is 35.4 Å². The molecule has 5 aromatic rings. The van der Waals surface area contributed by atoms with Crippen LogP contribution in [0, 0.1) is 0 Å². The van der Waals surface area contributed by atoms with Crippen LogP contribution in [-0.4, -0.2) is 46.6 Å². The van der Waals surface area contributed by atoms with Crippen molar-refractivity contribution in [1.82, 2.24) is 40.0 Å². The van der Waals surface area contributed by atoms with Crippen molar-refractivity contribution in [3.63, 3.8) is 0 Å². The van der Waals surface area contributed by atoms with Crippen LogP contribution in [-0.2, 0) is 12.3 Å². The van der Waals surface area contributed by atoms with Gasteiger partial charge in [0.2, 0.25) is 0 Å². The maximum atomic E-state index is 12.4. The number of hydrogen-bond acceptors (Lipinski definition) is 8. The molecule has 35 heavy (non-hydrogen) atoms. The van der Waals surface area contributed by atoms with Crippen molar-refractivity contribution in [2.45, 2.75) is 24.1 Å². The molecule has 0 atom stereocenters. The van der Waals surface area contributed by atoms with Gasteiger partial charge in [-0.15, -0.1) is 15.3 Å². The summed E-state index contributed by atoms with van der Waals surface area (Å²) in [6.45, 7) is -2.30. The highest BCUT2D eigenvalue weighted by atomic mass is 32.2. The fourth-order valence-electron chi connectivity index (χ4n) is 3.41. The van der Waals surface area contributed by atoms with Crippen LogP contribution in [0.4, 0.5) is 8.78 Å². The number of pyridine rings is 1. The minimum absolute atomic E-state index is 0.0599. The number of benzene rings is 2. The third-order valence-corrected chi connectivity index (χ3v) is 5.95. The van der Waals surface area contributed by atoms with Crippen molar-refractivity contribution >= 4 is 11.8 Å². The molecule has 0 aliphatic heterocycles. The number of hydrogen-bond donors (Lipinski definition) is 0. The molecule has 9 nitrogen and oxygen atoms in total. The molecule has 3 aromatic heterocycles. The molecule has 0 aliphatic rings. The average Bonchev–Trinajstić information content (AvgIpc) is 3.51. The monoisotopic (exact) mass is 492 g/mol. The highest BCUT2D eigenvalue weighted by Gasteiger charge is 2.17. The molecule has 176 valence electrons. The number of alkyl halides is 2. The Labute approximate surface area is 202 Å². The Balaban J connectivity index is 1.39. The molecule has 3 heterocycles. The van der Waals surface area contributed by atoms with Gasteiger partial charge in [0.15, 0.2) is 16.8 Å². The van der Waals surface area contributed by atoms with Gasteiger partial charge in [0.05, 0.1) is 18.0 Å². The quantitative estimate of drug-likeness (QED) is 0.282. The smallest absolute Gasteiger partial charge is 0.387 e. The molecule has 0 fully saturated rings. The van der Waals surface area contributed by atoms with Crippen LogP contribution in [0.3, 0.4) is 0 Å². The molecule has 0 amide bonds. The van der Waals surface area contributed by atoms with Gasteiger partial charge in [-0.1, -0.05) is 42.1 Å². The third kappa shape index (κ3) is 5.32. The lowest BCUT2D eigenvalue weighted by Gasteiger charge is -2.10. The summed E-state index contributed by atoms with van der Waals surface area (Å²) >= 11 is 1.44. The predicted octanol–water partition coefficient (Wildman–Crippen LogP) is 4.26. The lowest BCUT2D eigenvalue weighted by molar-refractivity contribution is -0.0498. The van der Waals surface area contributed by atoms with Gasteiger partial charge < -0.3 is 4.74 Å². The van der Waals surface area contributed by atoms with Crippen molar-refractivity contribution in [3.8, 4) is 22.8 Å². The van der Waals surface area contributed by atoms with E-state index in [1.807, 2.05) is 47.0 Å². The van der Waals surface area contributed by atoms with Crippen LogP contribution in [0.5, 0.6) is 5.75 Å². The van der Waals surface area contributed by atoms with Crippen molar-refractivity contribution in [2.75, 3.05) is 0 Å². The van der Waals surface area contributed by atoms with E-state index in [-0.39, 0.29) is 5.75 Å². The Morgan fingerprint density at radius 1 is 0.914 bits per heavy atom. The predicted molar refractivity (Wildman–Crippen MR) is 124 cm³/mol. The molecule has 0 saturated heterocycles. The SMILES string of the molecule is FC(F)Oc1ccc(-n2nnnc2CSc2nnc(-c3cccnc3)n2Cc2ccccc2)cc1. The summed E-state index contributed by atoms with van der Waals surface area (Å²) in [6, 6.07) is 19.9. The van der Waals surface area contributed by atoms with E-state index in [0.29, 0.717) is 34.8 Å². The molecule has 0 aliphatic carbocycles. The second kappa shape index (κ2) is 10.4. The second-order valence-electron chi connectivity index (χ2n) is 7.29. The van der Waals surface area contributed by atoms with E-state index in [1.54, 1.807) is 29.2 Å². The first kappa shape index (κ1) is 22.6. The summed E-state index contributed by atoms with van der Waals surface area (Å²) in [6.07, 6.45) is 3.46. The third-order valence-electron chi connectivity index (χ3n) is 4.99. The molecule has 0 saturated carbocycles. The van der Waals surface area contributed by atoms with E-state index >= 15 is 0 Å². The molecule has 0 unspecified atom stereocenters. The Morgan fingerprint density at radius 3 is 2.49 bits per heavy atom. The van der Waals surface area contributed by atoms with Crippen molar-refractivity contribution in [3.05, 3.63) is 90.5 Å². The van der Waals surface area contributed by atoms with Crippen LogP contribution >= 0.6 is 11.8 Å². The van der Waals surface area contributed by atoms with E-state index in [9.17, 15) is 8.78 Å². The average molecular weight is 493 g/mol. The van der Waals surface area contributed by atoms with Gasteiger partial charge in [-0.25, -0.2) is 0 Å². The first-order valence-corrected chi connectivity index (χ1v) is 11.5. The molecule has 5 rings (SSSR count). The maximum Gasteiger partial charge on any atom is 0.387 e. The molecule has 0 N–H and O–H groups in total. The number of thioether (sulfide) groups is 1. The van der Waals surface area contributed by atoms with Crippen LogP contribution in [0.2, 0.25) is 0 Å². The Bertz CT molecular complexity index is 1380. The number of rotatable bonds is 9. The van der Waals surface area contributed by atoms with Gasteiger partial charge in [-0.2, -0.15) is 13.5 Å². The highest BCUT2D eigenvalue weighted by Crippen LogP contribution is 2.27. The summed E-state index contributed by atoms with van der Waals surface area (Å²) in [5.41, 5.74) is 2.59. The van der Waals surface area contributed by atoms with E-state index in [1.165, 1.54) is 23.9 Å². The molecule has 0 bridgehead atoms. The van der Waals surface area contributed by atoms with E-state index in [4.69, 9.17) is 0 Å². The zero-order valence-corrected chi connectivity index (χ0v) is 19.0. The number of ether oxygens (including phenoxy) is 1. The fraction of sp³-hybridized carbons (Fsp3) is 0.130. The highest BCUT2D eigenvalue weighted by molar-refractivity contribution is 7.98. The fourth-order valence-corrected chi connectivity index (χ4v) is 4.25. The zero-order valence-electron chi connectivity index (χ0n) is 18.1. The second-order valence-corrected chi connectivity index (χ2v) is 8.23. The summed E-state index contributed by atoms with van der Waals surface area (Å²) < 4.78 is 32.8. The van der Waals surface area contributed by atoms with Crippen molar-refractivity contribution in [1.29, 1.82) is 0 Å². The lowest BCUT2D eigenvalue weighted by Crippen LogP contribution is -2.06. The summed E-state index contributed by atoms with van der Waals surface area (Å²) in [7, 11) is 0. The van der Waals surface area contributed by atoms with Crippen LogP contribution < -0.4 is 4.74 Å². The van der Waals surface area contributed by atoms with Crippen LogP contribution in [0.15, 0.2) is 84.3 Å². The summed E-state index contributed by atoms with van der Waals surface area (Å²) in [5, 5.41) is 21.5. The number of tetrazole rings is 1. The van der Waals surface area contributed by atoms with Crippen LogP contribution in [0.1, 0.15) is 11.4 Å². The number of nitrogens with zero attached hydrogens (tertiary/aromatic N) is 8. The Morgan fingerprint density at radius 2 is 1.74 bits per heavy atom. The van der Waals surface area contributed by atoms with E-state index < -0.39 is 6.61 Å². The summed E-state index contributed by atoms with van der Waals surface area (Å²) in [4.78, 5) is 4.20. The van der Waals surface area contributed by atoms with Gasteiger partial charge >= 0.3 is 6.61 Å². The topological polar surface area (TPSA) is 96.4 Å². The number of aromatic nitrogens is 8. The molecule has 0 spiro atoms. The summed E-state index contributed by atoms with van der Waals surface area (Å²) in [5.74, 6) is 1.74. The molecule has 2 aromatic carbocycles. The zero-order chi connectivity index (χ0) is 24.0. The van der Waals surface area contributed by atoms with Gasteiger partial charge in [0.1, 0.15) is 5.75 Å². The molecule has 12 heteroatoms. The normalized spacial score (nSPS) is 11.2. The Kier molecular flexibility index (Phi) is 6.70.